The third kappa shape index (κ3) is 5.83. The minimum absolute atomic E-state index is 0.864. The van der Waals surface area contributed by atoms with E-state index in [0.717, 1.165) is 19.1 Å². The van der Waals surface area contributed by atoms with E-state index < -0.39 is 0 Å². The molecule has 1 N–H and O–H groups in total. The van der Waals surface area contributed by atoms with Crippen molar-refractivity contribution in [3.8, 4) is 0 Å². The predicted molar refractivity (Wildman–Crippen MR) is 70.9 cm³/mol. The lowest BCUT2D eigenvalue weighted by Crippen LogP contribution is -2.36. The third-order valence-electron chi connectivity index (χ3n) is 3.55. The lowest BCUT2D eigenvalue weighted by molar-refractivity contribution is 0.245. The summed E-state index contributed by atoms with van der Waals surface area (Å²) in [6, 6.07) is 0.864. The smallest absolute Gasteiger partial charge is 0.0107 e. The highest BCUT2D eigenvalue weighted by molar-refractivity contribution is 4.75. The van der Waals surface area contributed by atoms with Gasteiger partial charge >= 0.3 is 0 Å². The number of rotatable bonds is 8. The first-order valence-corrected chi connectivity index (χ1v) is 6.76. The number of hydrogen-bond acceptors (Lipinski definition) is 3. The van der Waals surface area contributed by atoms with Crippen molar-refractivity contribution in [2.24, 2.45) is 0 Å². The zero-order valence-electron chi connectivity index (χ0n) is 11.3. The van der Waals surface area contributed by atoms with E-state index >= 15 is 0 Å². The van der Waals surface area contributed by atoms with Crippen LogP contribution in [0.5, 0.6) is 0 Å². The summed E-state index contributed by atoms with van der Waals surface area (Å²) in [7, 11) is 6.54. The average molecular weight is 227 g/mol. The largest absolute Gasteiger partial charge is 0.315 e. The molecule has 96 valence electrons. The molecule has 3 nitrogen and oxygen atoms in total. The second-order valence-corrected chi connectivity index (χ2v) is 5.33. The van der Waals surface area contributed by atoms with Crippen molar-refractivity contribution in [2.45, 2.75) is 38.1 Å². The molecule has 0 aliphatic heterocycles. The Morgan fingerprint density at radius 3 is 2.31 bits per heavy atom. The van der Waals surface area contributed by atoms with Crippen molar-refractivity contribution in [3.63, 3.8) is 0 Å². The minimum atomic E-state index is 0.864. The molecule has 0 aromatic carbocycles. The Kier molecular flexibility index (Phi) is 7.01. The number of nitrogens with one attached hydrogen (secondary N) is 1. The maximum atomic E-state index is 3.53. The van der Waals surface area contributed by atoms with Crippen LogP contribution in [0.3, 0.4) is 0 Å². The molecule has 0 atom stereocenters. The van der Waals surface area contributed by atoms with E-state index in [1.165, 1.54) is 45.2 Å². The fourth-order valence-electron chi connectivity index (χ4n) is 2.43. The second kappa shape index (κ2) is 8.04. The van der Waals surface area contributed by atoms with Gasteiger partial charge in [0.25, 0.3) is 0 Å². The zero-order chi connectivity index (χ0) is 11.8. The van der Waals surface area contributed by atoms with Crippen LogP contribution in [0.15, 0.2) is 0 Å². The molecule has 1 fully saturated rings. The molecular formula is C13H29N3. The Morgan fingerprint density at radius 2 is 1.69 bits per heavy atom. The van der Waals surface area contributed by atoms with Gasteiger partial charge in [-0.3, -0.25) is 0 Å². The molecule has 0 aromatic rings. The first kappa shape index (κ1) is 13.9. The van der Waals surface area contributed by atoms with E-state index in [4.69, 9.17) is 0 Å². The second-order valence-electron chi connectivity index (χ2n) is 5.33. The average Bonchev–Trinajstić information content (AvgIpc) is 2.75. The van der Waals surface area contributed by atoms with Gasteiger partial charge in [-0.05, 0) is 53.5 Å². The Hall–Kier alpha value is -0.120. The molecule has 1 aliphatic carbocycles. The predicted octanol–water partition coefficient (Wildman–Crippen LogP) is 1.40. The molecule has 3 heteroatoms. The van der Waals surface area contributed by atoms with Crippen LogP contribution < -0.4 is 5.32 Å². The summed E-state index contributed by atoms with van der Waals surface area (Å²) in [6.07, 6.45) is 6.95. The van der Waals surface area contributed by atoms with Gasteiger partial charge in [0, 0.05) is 19.1 Å². The summed E-state index contributed by atoms with van der Waals surface area (Å²) in [4.78, 5) is 4.78. The van der Waals surface area contributed by atoms with Crippen LogP contribution in [-0.4, -0.2) is 63.2 Å². The SMILES string of the molecule is CN(C)CCCNCCN(C)C1CCCC1. The van der Waals surface area contributed by atoms with Gasteiger partial charge in [0.2, 0.25) is 0 Å². The fourth-order valence-corrected chi connectivity index (χ4v) is 2.43. The lowest BCUT2D eigenvalue weighted by atomic mass is 10.2. The van der Waals surface area contributed by atoms with Gasteiger partial charge in [0.05, 0.1) is 0 Å². The van der Waals surface area contributed by atoms with E-state index in [1.54, 1.807) is 0 Å². The van der Waals surface area contributed by atoms with Gasteiger partial charge in [-0.25, -0.2) is 0 Å². The fraction of sp³-hybridized carbons (Fsp3) is 1.00. The third-order valence-corrected chi connectivity index (χ3v) is 3.55. The van der Waals surface area contributed by atoms with E-state index in [-0.39, 0.29) is 0 Å². The van der Waals surface area contributed by atoms with Crippen molar-refractivity contribution in [1.29, 1.82) is 0 Å². The van der Waals surface area contributed by atoms with Crippen LogP contribution in [0.4, 0.5) is 0 Å². The molecule has 0 bridgehead atoms. The van der Waals surface area contributed by atoms with Crippen LogP contribution in [0.25, 0.3) is 0 Å². The summed E-state index contributed by atoms with van der Waals surface area (Å²) in [5.41, 5.74) is 0. The Bertz CT molecular complexity index is 165. The van der Waals surface area contributed by atoms with Crippen molar-refractivity contribution in [2.75, 3.05) is 47.3 Å². The molecule has 0 radical (unpaired) electrons. The molecular weight excluding hydrogens is 198 g/mol. The lowest BCUT2D eigenvalue weighted by Gasteiger charge is -2.24. The van der Waals surface area contributed by atoms with E-state index in [1.807, 2.05) is 0 Å². The van der Waals surface area contributed by atoms with Crippen LogP contribution >= 0.6 is 0 Å². The van der Waals surface area contributed by atoms with Gasteiger partial charge in [0.15, 0.2) is 0 Å². The zero-order valence-corrected chi connectivity index (χ0v) is 11.3. The van der Waals surface area contributed by atoms with Crippen LogP contribution in [0.1, 0.15) is 32.1 Å². The maximum Gasteiger partial charge on any atom is 0.0107 e. The number of nitrogens with zero attached hydrogens (tertiary/aromatic N) is 2. The number of likely N-dealkylation sites (N-methyl/N-ethyl adjacent to an activating group) is 1. The molecule has 1 saturated carbocycles. The van der Waals surface area contributed by atoms with E-state index in [0.29, 0.717) is 0 Å². The van der Waals surface area contributed by atoms with Gasteiger partial charge in [-0.15, -0.1) is 0 Å². The van der Waals surface area contributed by atoms with Gasteiger partial charge < -0.3 is 15.1 Å². The Balaban J connectivity index is 1.90. The van der Waals surface area contributed by atoms with Crippen LogP contribution in [0.2, 0.25) is 0 Å². The molecule has 1 rings (SSSR count). The van der Waals surface area contributed by atoms with E-state index in [9.17, 15) is 0 Å². The Morgan fingerprint density at radius 1 is 1.00 bits per heavy atom. The van der Waals surface area contributed by atoms with Crippen molar-refractivity contribution >= 4 is 0 Å². The highest BCUT2D eigenvalue weighted by Gasteiger charge is 2.18. The normalized spacial score (nSPS) is 17.8. The van der Waals surface area contributed by atoms with Gasteiger partial charge in [-0.1, -0.05) is 12.8 Å². The summed E-state index contributed by atoms with van der Waals surface area (Å²) in [5, 5.41) is 3.53. The highest BCUT2D eigenvalue weighted by Crippen LogP contribution is 2.21. The first-order chi connectivity index (χ1) is 7.70. The topological polar surface area (TPSA) is 18.5 Å². The molecule has 0 unspecified atom stereocenters. The van der Waals surface area contributed by atoms with Crippen LogP contribution in [0, 0.1) is 0 Å². The molecule has 0 spiro atoms. The molecule has 16 heavy (non-hydrogen) atoms. The van der Waals surface area contributed by atoms with Crippen molar-refractivity contribution in [3.05, 3.63) is 0 Å². The summed E-state index contributed by atoms with van der Waals surface area (Å²) in [5.74, 6) is 0. The molecule has 0 aromatic heterocycles. The van der Waals surface area contributed by atoms with Crippen LogP contribution in [-0.2, 0) is 0 Å². The van der Waals surface area contributed by atoms with Gasteiger partial charge in [0.1, 0.15) is 0 Å². The van der Waals surface area contributed by atoms with E-state index in [2.05, 4.69) is 36.3 Å². The Labute approximate surface area is 101 Å². The molecule has 0 amide bonds. The summed E-state index contributed by atoms with van der Waals surface area (Å²) >= 11 is 0. The molecule has 0 heterocycles. The maximum absolute atomic E-state index is 3.53. The quantitative estimate of drug-likeness (QED) is 0.632. The number of hydrogen-bond donors (Lipinski definition) is 1. The first-order valence-electron chi connectivity index (χ1n) is 6.76. The summed E-state index contributed by atoms with van der Waals surface area (Å²) < 4.78 is 0. The van der Waals surface area contributed by atoms with Crippen molar-refractivity contribution < 1.29 is 0 Å². The van der Waals surface area contributed by atoms with Gasteiger partial charge in [-0.2, -0.15) is 0 Å². The summed E-state index contributed by atoms with van der Waals surface area (Å²) in [6.45, 7) is 4.68. The highest BCUT2D eigenvalue weighted by atomic mass is 15.1. The molecule has 0 saturated heterocycles. The monoisotopic (exact) mass is 227 g/mol. The standard InChI is InChI=1S/C13H29N3/c1-15(2)11-6-9-14-10-12-16(3)13-7-4-5-8-13/h13-14H,4-12H2,1-3H3. The van der Waals surface area contributed by atoms with Crippen molar-refractivity contribution in [1.82, 2.24) is 15.1 Å². The minimum Gasteiger partial charge on any atom is -0.315 e. The molecule has 1 aliphatic rings.